The molecule has 1 heterocycles. The normalized spacial score (nSPS) is 25.9. The molecule has 0 saturated carbocycles. The summed E-state index contributed by atoms with van der Waals surface area (Å²) in [4.78, 5) is 11.1. The van der Waals surface area contributed by atoms with Gasteiger partial charge in [0.15, 0.2) is 0 Å². The third-order valence-electron chi connectivity index (χ3n) is 2.54. The van der Waals surface area contributed by atoms with Crippen molar-refractivity contribution >= 4 is 5.97 Å². The summed E-state index contributed by atoms with van der Waals surface area (Å²) in [7, 11) is 0. The second-order valence-electron chi connectivity index (χ2n) is 4.73. The topological polar surface area (TPSA) is 46.5 Å². The van der Waals surface area contributed by atoms with Gasteiger partial charge in [-0.2, -0.15) is 0 Å². The van der Waals surface area contributed by atoms with Crippen molar-refractivity contribution in [3.8, 4) is 0 Å². The van der Waals surface area contributed by atoms with Gasteiger partial charge in [0.2, 0.25) is 0 Å². The van der Waals surface area contributed by atoms with Crippen molar-refractivity contribution in [3.63, 3.8) is 0 Å². The average Bonchev–Trinajstić information content (AvgIpc) is 2.34. The standard InChI is InChI=1S/C10H18O3/c1-10(2,3)8(9(11)12)7-5-4-6-13-7/h7-8H,4-6H2,1-3H3,(H,11,12). The lowest BCUT2D eigenvalue weighted by atomic mass is 9.76. The average molecular weight is 186 g/mol. The maximum atomic E-state index is 11.1. The van der Waals surface area contributed by atoms with Gasteiger partial charge in [-0.05, 0) is 18.3 Å². The molecule has 0 bridgehead atoms. The number of hydrogen-bond acceptors (Lipinski definition) is 2. The van der Waals surface area contributed by atoms with Gasteiger partial charge in [-0.1, -0.05) is 20.8 Å². The van der Waals surface area contributed by atoms with Gasteiger partial charge >= 0.3 is 5.97 Å². The molecule has 1 rings (SSSR count). The molecule has 1 N–H and O–H groups in total. The maximum Gasteiger partial charge on any atom is 0.309 e. The van der Waals surface area contributed by atoms with E-state index in [0.29, 0.717) is 6.61 Å². The summed E-state index contributed by atoms with van der Waals surface area (Å²) in [5.41, 5.74) is -0.221. The zero-order valence-electron chi connectivity index (χ0n) is 8.54. The van der Waals surface area contributed by atoms with Gasteiger partial charge in [-0.25, -0.2) is 0 Å². The molecule has 1 aliphatic rings. The molecule has 13 heavy (non-hydrogen) atoms. The van der Waals surface area contributed by atoms with Gasteiger partial charge < -0.3 is 9.84 Å². The highest BCUT2D eigenvalue weighted by molar-refractivity contribution is 5.71. The first-order valence-electron chi connectivity index (χ1n) is 4.77. The molecule has 0 aliphatic carbocycles. The van der Waals surface area contributed by atoms with Crippen LogP contribution in [0.1, 0.15) is 33.6 Å². The smallest absolute Gasteiger partial charge is 0.309 e. The van der Waals surface area contributed by atoms with E-state index in [1.165, 1.54) is 0 Å². The Hall–Kier alpha value is -0.570. The van der Waals surface area contributed by atoms with E-state index in [2.05, 4.69) is 0 Å². The van der Waals surface area contributed by atoms with E-state index < -0.39 is 5.97 Å². The molecule has 3 heteroatoms. The van der Waals surface area contributed by atoms with Crippen molar-refractivity contribution in [1.29, 1.82) is 0 Å². The summed E-state index contributed by atoms with van der Waals surface area (Å²) in [6, 6.07) is 0. The monoisotopic (exact) mass is 186 g/mol. The maximum absolute atomic E-state index is 11.1. The Bertz CT molecular complexity index is 187. The van der Waals surface area contributed by atoms with Crippen LogP contribution in [-0.2, 0) is 9.53 Å². The molecular formula is C10H18O3. The number of carboxylic acid groups (broad SMARTS) is 1. The van der Waals surface area contributed by atoms with Gasteiger partial charge in [-0.3, -0.25) is 4.79 Å². The molecule has 0 aromatic rings. The quantitative estimate of drug-likeness (QED) is 0.716. The van der Waals surface area contributed by atoms with E-state index in [1.807, 2.05) is 20.8 Å². The SMILES string of the molecule is CC(C)(C)C(C(=O)O)C1CCCO1. The first-order chi connectivity index (χ1) is 5.93. The van der Waals surface area contributed by atoms with Gasteiger partial charge in [0.1, 0.15) is 0 Å². The van der Waals surface area contributed by atoms with Crippen LogP contribution < -0.4 is 0 Å². The van der Waals surface area contributed by atoms with Gasteiger partial charge in [0.05, 0.1) is 12.0 Å². The highest BCUT2D eigenvalue weighted by Gasteiger charge is 2.40. The Balaban J connectivity index is 2.72. The molecule has 0 spiro atoms. The summed E-state index contributed by atoms with van der Waals surface area (Å²) >= 11 is 0. The van der Waals surface area contributed by atoms with Crippen LogP contribution in [0.4, 0.5) is 0 Å². The number of hydrogen-bond donors (Lipinski definition) is 1. The van der Waals surface area contributed by atoms with Crippen LogP contribution in [0.15, 0.2) is 0 Å². The first kappa shape index (κ1) is 10.5. The summed E-state index contributed by atoms with van der Waals surface area (Å²) in [6.07, 6.45) is 1.79. The number of carboxylic acids is 1. The second-order valence-corrected chi connectivity index (χ2v) is 4.73. The molecule has 0 aromatic heterocycles. The Kier molecular flexibility index (Phi) is 2.96. The Morgan fingerprint density at radius 1 is 1.54 bits per heavy atom. The second kappa shape index (κ2) is 3.66. The molecule has 76 valence electrons. The lowest BCUT2D eigenvalue weighted by molar-refractivity contribution is -0.151. The van der Waals surface area contributed by atoms with E-state index in [1.54, 1.807) is 0 Å². The van der Waals surface area contributed by atoms with E-state index in [4.69, 9.17) is 9.84 Å². The molecule has 2 unspecified atom stereocenters. The fourth-order valence-electron chi connectivity index (χ4n) is 1.95. The van der Waals surface area contributed by atoms with Crippen LogP contribution in [0.5, 0.6) is 0 Å². The third kappa shape index (κ3) is 2.44. The molecule has 1 saturated heterocycles. The van der Waals surface area contributed by atoms with Crippen molar-refractivity contribution in [1.82, 2.24) is 0 Å². The third-order valence-corrected chi connectivity index (χ3v) is 2.54. The Labute approximate surface area is 79.1 Å². The van der Waals surface area contributed by atoms with Crippen LogP contribution in [-0.4, -0.2) is 23.8 Å². The molecule has 3 nitrogen and oxygen atoms in total. The van der Waals surface area contributed by atoms with Crippen molar-refractivity contribution in [3.05, 3.63) is 0 Å². The molecule has 0 aromatic carbocycles. The highest BCUT2D eigenvalue weighted by atomic mass is 16.5. The van der Waals surface area contributed by atoms with Crippen LogP contribution >= 0.6 is 0 Å². The number of aliphatic carboxylic acids is 1. The summed E-state index contributed by atoms with van der Waals surface area (Å²) in [6.45, 7) is 6.57. The number of rotatable bonds is 2. The van der Waals surface area contributed by atoms with E-state index >= 15 is 0 Å². The lowest BCUT2D eigenvalue weighted by Crippen LogP contribution is -2.38. The van der Waals surface area contributed by atoms with Crippen LogP contribution in [0.2, 0.25) is 0 Å². The zero-order chi connectivity index (χ0) is 10.1. The first-order valence-corrected chi connectivity index (χ1v) is 4.77. The Morgan fingerprint density at radius 2 is 2.15 bits per heavy atom. The fourth-order valence-corrected chi connectivity index (χ4v) is 1.95. The van der Waals surface area contributed by atoms with Crippen LogP contribution in [0.3, 0.4) is 0 Å². The van der Waals surface area contributed by atoms with Gasteiger partial charge in [-0.15, -0.1) is 0 Å². The van der Waals surface area contributed by atoms with Crippen molar-refractivity contribution < 1.29 is 14.6 Å². The van der Waals surface area contributed by atoms with E-state index in [0.717, 1.165) is 12.8 Å². The predicted octanol–water partition coefficient (Wildman–Crippen LogP) is 1.91. The molecule has 0 radical (unpaired) electrons. The van der Waals surface area contributed by atoms with Gasteiger partial charge in [0.25, 0.3) is 0 Å². The Morgan fingerprint density at radius 3 is 2.46 bits per heavy atom. The van der Waals surface area contributed by atoms with E-state index in [-0.39, 0.29) is 17.4 Å². The van der Waals surface area contributed by atoms with Crippen molar-refractivity contribution in [2.45, 2.75) is 39.7 Å². The van der Waals surface area contributed by atoms with Crippen molar-refractivity contribution in [2.75, 3.05) is 6.61 Å². The van der Waals surface area contributed by atoms with Crippen LogP contribution in [0, 0.1) is 11.3 Å². The molecule has 2 atom stereocenters. The summed E-state index contributed by atoms with van der Waals surface area (Å²) in [5, 5.41) is 9.09. The zero-order valence-corrected chi connectivity index (χ0v) is 8.54. The minimum Gasteiger partial charge on any atom is -0.481 e. The minimum absolute atomic E-state index is 0.0856. The molecule has 1 fully saturated rings. The predicted molar refractivity (Wildman–Crippen MR) is 49.6 cm³/mol. The fraction of sp³-hybridized carbons (Fsp3) is 0.900. The van der Waals surface area contributed by atoms with E-state index in [9.17, 15) is 4.79 Å². The van der Waals surface area contributed by atoms with Crippen LogP contribution in [0.25, 0.3) is 0 Å². The number of ether oxygens (including phenoxy) is 1. The summed E-state index contributed by atoms with van der Waals surface area (Å²) in [5.74, 6) is -1.12. The van der Waals surface area contributed by atoms with Crippen molar-refractivity contribution in [2.24, 2.45) is 11.3 Å². The van der Waals surface area contributed by atoms with Gasteiger partial charge in [0, 0.05) is 6.61 Å². The molecule has 0 amide bonds. The molecule has 1 aliphatic heterocycles. The summed E-state index contributed by atoms with van der Waals surface area (Å²) < 4.78 is 5.42. The highest BCUT2D eigenvalue weighted by Crippen LogP contribution is 2.34. The molecular weight excluding hydrogens is 168 g/mol. The minimum atomic E-state index is -0.737. The lowest BCUT2D eigenvalue weighted by Gasteiger charge is -2.31. The number of carbonyl (C=O) groups is 1. The largest absolute Gasteiger partial charge is 0.481 e.